The molecular formula is C26H35N5O4. The van der Waals surface area contributed by atoms with Gasteiger partial charge in [-0.25, -0.2) is 9.59 Å². The van der Waals surface area contributed by atoms with Crippen molar-refractivity contribution >= 4 is 23.7 Å². The lowest BCUT2D eigenvalue weighted by atomic mass is 10.0. The Kier molecular flexibility index (Phi) is 8.94. The van der Waals surface area contributed by atoms with Crippen LogP contribution in [0.25, 0.3) is 0 Å². The summed E-state index contributed by atoms with van der Waals surface area (Å²) in [6, 6.07) is 15.2. The Labute approximate surface area is 206 Å². The normalized spacial score (nSPS) is 16.4. The van der Waals surface area contributed by atoms with Crippen LogP contribution in [0.2, 0.25) is 0 Å². The monoisotopic (exact) mass is 481 g/mol. The van der Waals surface area contributed by atoms with Gasteiger partial charge in [0.1, 0.15) is 11.8 Å². The maximum absolute atomic E-state index is 13.6. The van der Waals surface area contributed by atoms with Gasteiger partial charge in [-0.15, -0.1) is 0 Å². The molecule has 188 valence electrons. The number of anilines is 1. The van der Waals surface area contributed by atoms with Crippen molar-refractivity contribution in [2.45, 2.75) is 45.3 Å². The summed E-state index contributed by atoms with van der Waals surface area (Å²) in [5.41, 5.74) is 1.45. The Morgan fingerprint density at radius 1 is 1.00 bits per heavy atom. The van der Waals surface area contributed by atoms with Gasteiger partial charge < -0.3 is 30.5 Å². The van der Waals surface area contributed by atoms with Gasteiger partial charge in [0, 0.05) is 38.1 Å². The van der Waals surface area contributed by atoms with E-state index in [-0.39, 0.29) is 24.0 Å². The molecule has 1 heterocycles. The van der Waals surface area contributed by atoms with E-state index in [1.54, 1.807) is 28.0 Å². The minimum absolute atomic E-state index is 0.0376. The van der Waals surface area contributed by atoms with Crippen molar-refractivity contribution in [3.8, 4) is 5.75 Å². The van der Waals surface area contributed by atoms with Gasteiger partial charge in [-0.2, -0.15) is 0 Å². The maximum Gasteiger partial charge on any atom is 0.320 e. The van der Waals surface area contributed by atoms with Crippen molar-refractivity contribution in [2.75, 3.05) is 32.1 Å². The molecule has 2 aromatic rings. The summed E-state index contributed by atoms with van der Waals surface area (Å²) in [5.74, 6) is 0.345. The van der Waals surface area contributed by atoms with Crippen LogP contribution in [0.3, 0.4) is 0 Å². The van der Waals surface area contributed by atoms with Gasteiger partial charge in [-0.05, 0) is 38.5 Å². The second-order valence-electron chi connectivity index (χ2n) is 8.97. The van der Waals surface area contributed by atoms with Crippen LogP contribution in [0.4, 0.5) is 15.3 Å². The highest BCUT2D eigenvalue weighted by Gasteiger charge is 2.33. The number of amides is 5. The van der Waals surface area contributed by atoms with Crippen LogP contribution in [0.15, 0.2) is 54.6 Å². The molecule has 35 heavy (non-hydrogen) atoms. The van der Waals surface area contributed by atoms with E-state index in [1.165, 1.54) is 7.11 Å². The number of piperazine rings is 1. The van der Waals surface area contributed by atoms with Crippen LogP contribution in [0.1, 0.15) is 26.3 Å². The number of hydrogen-bond donors (Lipinski definition) is 3. The van der Waals surface area contributed by atoms with E-state index in [0.717, 1.165) is 5.56 Å². The van der Waals surface area contributed by atoms with E-state index in [4.69, 9.17) is 4.74 Å². The van der Waals surface area contributed by atoms with Gasteiger partial charge in [0.15, 0.2) is 0 Å². The molecular weight excluding hydrogens is 446 g/mol. The van der Waals surface area contributed by atoms with Crippen molar-refractivity contribution < 1.29 is 19.1 Å². The fourth-order valence-electron chi connectivity index (χ4n) is 4.12. The second kappa shape index (κ2) is 12.1. The molecule has 0 bridgehead atoms. The number of para-hydroxylation sites is 2. The third-order valence-electron chi connectivity index (χ3n) is 5.85. The summed E-state index contributed by atoms with van der Waals surface area (Å²) in [6.45, 7) is 6.97. The third-order valence-corrected chi connectivity index (χ3v) is 5.85. The summed E-state index contributed by atoms with van der Waals surface area (Å²) in [5, 5.41) is 8.53. The lowest BCUT2D eigenvalue weighted by Gasteiger charge is -2.41. The molecule has 1 saturated heterocycles. The summed E-state index contributed by atoms with van der Waals surface area (Å²) >= 11 is 0. The Morgan fingerprint density at radius 3 is 2.34 bits per heavy atom. The van der Waals surface area contributed by atoms with E-state index < -0.39 is 12.1 Å². The number of hydrogen-bond acceptors (Lipinski definition) is 4. The Bertz CT molecular complexity index is 1010. The third kappa shape index (κ3) is 7.11. The topological polar surface area (TPSA) is 103 Å². The van der Waals surface area contributed by atoms with Crippen molar-refractivity contribution in [2.24, 2.45) is 0 Å². The average Bonchev–Trinajstić information content (AvgIpc) is 2.83. The smallest absolute Gasteiger partial charge is 0.320 e. The predicted octanol–water partition coefficient (Wildman–Crippen LogP) is 3.08. The fourth-order valence-corrected chi connectivity index (χ4v) is 4.12. The summed E-state index contributed by atoms with van der Waals surface area (Å²) in [6.07, 6.45) is 0.349. The Hall–Kier alpha value is -3.75. The lowest BCUT2D eigenvalue weighted by Crippen LogP contribution is -2.61. The SMILES string of the molecule is COc1ccccc1NC(=O)NC(Cc1ccccc1)C(=O)N1CCN(C(=O)NC(C)C)C(C)C1. The zero-order valence-electron chi connectivity index (χ0n) is 20.8. The van der Waals surface area contributed by atoms with Crippen molar-refractivity contribution in [3.63, 3.8) is 0 Å². The molecule has 0 saturated carbocycles. The van der Waals surface area contributed by atoms with Gasteiger partial charge in [-0.1, -0.05) is 42.5 Å². The number of carbonyl (C=O) groups excluding carboxylic acids is 3. The van der Waals surface area contributed by atoms with Crippen LogP contribution >= 0.6 is 0 Å². The lowest BCUT2D eigenvalue weighted by molar-refractivity contribution is -0.135. The minimum Gasteiger partial charge on any atom is -0.495 e. The van der Waals surface area contributed by atoms with Gasteiger partial charge in [-0.3, -0.25) is 4.79 Å². The summed E-state index contributed by atoms with van der Waals surface area (Å²) in [7, 11) is 1.53. The molecule has 9 nitrogen and oxygen atoms in total. The van der Waals surface area contributed by atoms with Crippen molar-refractivity contribution in [3.05, 3.63) is 60.2 Å². The summed E-state index contributed by atoms with van der Waals surface area (Å²) in [4.78, 5) is 42.4. The molecule has 0 aromatic heterocycles. The van der Waals surface area contributed by atoms with Crippen LogP contribution in [0, 0.1) is 0 Å². The largest absolute Gasteiger partial charge is 0.495 e. The highest BCUT2D eigenvalue weighted by molar-refractivity contribution is 5.95. The molecule has 0 aliphatic carbocycles. The first kappa shape index (κ1) is 25.9. The van der Waals surface area contributed by atoms with Crippen LogP contribution < -0.4 is 20.7 Å². The highest BCUT2D eigenvalue weighted by atomic mass is 16.5. The maximum atomic E-state index is 13.6. The molecule has 2 atom stereocenters. The number of carbonyl (C=O) groups is 3. The molecule has 1 aliphatic rings. The molecule has 1 fully saturated rings. The van der Waals surface area contributed by atoms with E-state index >= 15 is 0 Å². The molecule has 5 amide bonds. The molecule has 2 aromatic carbocycles. The van der Waals surface area contributed by atoms with Crippen LogP contribution in [0.5, 0.6) is 5.75 Å². The number of benzene rings is 2. The first-order valence-electron chi connectivity index (χ1n) is 11.9. The average molecular weight is 482 g/mol. The van der Waals surface area contributed by atoms with Crippen molar-refractivity contribution in [1.29, 1.82) is 0 Å². The van der Waals surface area contributed by atoms with E-state index in [2.05, 4.69) is 16.0 Å². The van der Waals surface area contributed by atoms with Crippen LogP contribution in [-0.4, -0.2) is 72.6 Å². The van der Waals surface area contributed by atoms with Gasteiger partial charge in [0.2, 0.25) is 5.91 Å². The zero-order chi connectivity index (χ0) is 25.4. The quantitative estimate of drug-likeness (QED) is 0.566. The number of nitrogens with zero attached hydrogens (tertiary/aromatic N) is 2. The summed E-state index contributed by atoms with van der Waals surface area (Å²) < 4.78 is 5.30. The standard InChI is InChI=1S/C26H35N5O4/c1-18(2)27-26(34)31-15-14-30(17-19(31)3)24(32)22(16-20-10-6-5-7-11-20)29-25(33)28-21-12-8-9-13-23(21)35-4/h5-13,18-19,22H,14-17H2,1-4H3,(H,27,34)(H2,28,29,33). The van der Waals surface area contributed by atoms with E-state index in [9.17, 15) is 14.4 Å². The number of urea groups is 2. The van der Waals surface area contributed by atoms with Gasteiger partial charge >= 0.3 is 12.1 Å². The highest BCUT2D eigenvalue weighted by Crippen LogP contribution is 2.23. The first-order valence-corrected chi connectivity index (χ1v) is 11.9. The van der Waals surface area contributed by atoms with E-state index in [1.807, 2.05) is 57.2 Å². The van der Waals surface area contributed by atoms with Gasteiger partial charge in [0.05, 0.1) is 12.8 Å². The molecule has 2 unspecified atom stereocenters. The zero-order valence-corrected chi connectivity index (χ0v) is 20.8. The first-order chi connectivity index (χ1) is 16.8. The molecule has 3 rings (SSSR count). The second-order valence-corrected chi connectivity index (χ2v) is 8.97. The number of rotatable bonds is 7. The fraction of sp³-hybridized carbons (Fsp3) is 0.423. The van der Waals surface area contributed by atoms with Crippen LogP contribution in [-0.2, 0) is 11.2 Å². The Morgan fingerprint density at radius 2 is 1.69 bits per heavy atom. The molecule has 0 spiro atoms. The number of nitrogens with one attached hydrogen (secondary N) is 3. The minimum atomic E-state index is -0.768. The van der Waals surface area contributed by atoms with E-state index in [0.29, 0.717) is 37.5 Å². The molecule has 1 aliphatic heterocycles. The Balaban J connectivity index is 1.71. The van der Waals surface area contributed by atoms with Gasteiger partial charge in [0.25, 0.3) is 0 Å². The number of methoxy groups -OCH3 is 1. The number of ether oxygens (including phenoxy) is 1. The van der Waals surface area contributed by atoms with Crippen molar-refractivity contribution in [1.82, 2.24) is 20.4 Å². The molecule has 0 radical (unpaired) electrons. The predicted molar refractivity (Wildman–Crippen MR) is 135 cm³/mol. The molecule has 3 N–H and O–H groups in total. The molecule has 9 heteroatoms.